The van der Waals surface area contributed by atoms with Crippen LogP contribution in [0.2, 0.25) is 0 Å². The highest BCUT2D eigenvalue weighted by Crippen LogP contribution is 2.23. The molecule has 0 saturated heterocycles. The number of carbonyl (C=O) groups is 1. The van der Waals surface area contributed by atoms with Gasteiger partial charge in [0.1, 0.15) is 5.82 Å². The summed E-state index contributed by atoms with van der Waals surface area (Å²) in [4.78, 5) is 11.0. The van der Waals surface area contributed by atoms with Gasteiger partial charge >= 0.3 is 5.97 Å². The van der Waals surface area contributed by atoms with E-state index in [1.54, 1.807) is 6.92 Å². The van der Waals surface area contributed by atoms with Gasteiger partial charge in [-0.2, -0.15) is 0 Å². The first kappa shape index (κ1) is 13.2. The molecule has 0 bridgehead atoms. The minimum Gasteiger partial charge on any atom is -0.494 e. The fourth-order valence-corrected chi connectivity index (χ4v) is 1.20. The number of hydrogen-bond acceptors (Lipinski definition) is 3. The van der Waals surface area contributed by atoms with Gasteiger partial charge in [-0.15, -0.1) is 0 Å². The first-order valence-corrected chi connectivity index (χ1v) is 4.97. The summed E-state index contributed by atoms with van der Waals surface area (Å²) >= 11 is 0. The molecule has 0 aromatic heterocycles. The van der Waals surface area contributed by atoms with Crippen LogP contribution in [0.1, 0.15) is 12.5 Å². The molecule has 1 aromatic carbocycles. The van der Waals surface area contributed by atoms with Crippen LogP contribution in [0.3, 0.4) is 0 Å². The van der Waals surface area contributed by atoms with Crippen LogP contribution in [0.4, 0.5) is 8.78 Å². The second-order valence-electron chi connectivity index (χ2n) is 3.06. The Morgan fingerprint density at radius 1 is 1.41 bits per heavy atom. The number of carbonyl (C=O) groups excluding carboxylic acids is 1. The molecular weight excluding hydrogens is 230 g/mol. The van der Waals surface area contributed by atoms with Crippen molar-refractivity contribution in [2.45, 2.75) is 6.92 Å². The maximum Gasteiger partial charge on any atom is 0.330 e. The standard InChI is InChI=1S/C12H12F2O3/c1-3-17-11(15)7-4-8-9(13)5-6-10(16-2)12(8)14/h4-7H,3H2,1-2H3. The molecule has 0 aliphatic rings. The molecule has 0 atom stereocenters. The molecule has 0 aliphatic carbocycles. The zero-order valence-corrected chi connectivity index (χ0v) is 9.50. The van der Waals surface area contributed by atoms with Crippen LogP contribution >= 0.6 is 0 Å². The molecule has 0 spiro atoms. The van der Waals surface area contributed by atoms with Gasteiger partial charge in [-0.05, 0) is 25.1 Å². The van der Waals surface area contributed by atoms with Gasteiger partial charge < -0.3 is 9.47 Å². The van der Waals surface area contributed by atoms with Gasteiger partial charge in [-0.3, -0.25) is 0 Å². The van der Waals surface area contributed by atoms with Crippen LogP contribution in [0, 0.1) is 11.6 Å². The Balaban J connectivity index is 3.01. The van der Waals surface area contributed by atoms with Crippen molar-refractivity contribution < 1.29 is 23.0 Å². The largest absolute Gasteiger partial charge is 0.494 e. The van der Waals surface area contributed by atoms with Crippen molar-refractivity contribution in [1.82, 2.24) is 0 Å². The van der Waals surface area contributed by atoms with E-state index >= 15 is 0 Å². The van der Waals surface area contributed by atoms with E-state index in [0.717, 1.165) is 18.2 Å². The molecule has 0 saturated carbocycles. The number of esters is 1. The predicted molar refractivity (Wildman–Crippen MR) is 58.6 cm³/mol. The minimum absolute atomic E-state index is 0.0880. The molecule has 92 valence electrons. The molecule has 1 rings (SSSR count). The van der Waals surface area contributed by atoms with E-state index in [0.29, 0.717) is 0 Å². The topological polar surface area (TPSA) is 35.5 Å². The zero-order chi connectivity index (χ0) is 12.8. The van der Waals surface area contributed by atoms with Crippen molar-refractivity contribution in [2.75, 3.05) is 13.7 Å². The first-order valence-electron chi connectivity index (χ1n) is 4.97. The average molecular weight is 242 g/mol. The Hall–Kier alpha value is -1.91. The summed E-state index contributed by atoms with van der Waals surface area (Å²) in [7, 11) is 1.27. The summed E-state index contributed by atoms with van der Waals surface area (Å²) in [5.41, 5.74) is -0.336. The Labute approximate surface area is 97.7 Å². The van der Waals surface area contributed by atoms with Crippen LogP contribution in [0.5, 0.6) is 5.75 Å². The van der Waals surface area contributed by atoms with Crippen molar-refractivity contribution in [3.63, 3.8) is 0 Å². The van der Waals surface area contributed by atoms with Crippen molar-refractivity contribution in [2.24, 2.45) is 0 Å². The Bertz CT molecular complexity index is 442. The minimum atomic E-state index is -0.854. The molecule has 3 nitrogen and oxygen atoms in total. The first-order chi connectivity index (χ1) is 8.10. The van der Waals surface area contributed by atoms with E-state index in [9.17, 15) is 13.6 Å². The van der Waals surface area contributed by atoms with Crippen molar-refractivity contribution in [1.29, 1.82) is 0 Å². The van der Waals surface area contributed by atoms with Crippen LogP contribution < -0.4 is 4.74 Å². The lowest BCUT2D eigenvalue weighted by atomic mass is 10.1. The second-order valence-corrected chi connectivity index (χ2v) is 3.06. The molecule has 0 amide bonds. The van der Waals surface area contributed by atoms with Crippen LogP contribution in [-0.4, -0.2) is 19.7 Å². The molecule has 0 aliphatic heterocycles. The molecular formula is C12H12F2O3. The summed E-state index contributed by atoms with van der Waals surface area (Å²) < 4.78 is 36.2. The maximum atomic E-state index is 13.6. The van der Waals surface area contributed by atoms with Crippen LogP contribution in [0.25, 0.3) is 6.08 Å². The van der Waals surface area contributed by atoms with E-state index in [2.05, 4.69) is 4.74 Å². The Kier molecular flexibility index (Phi) is 4.63. The second kappa shape index (κ2) is 5.98. The van der Waals surface area contributed by atoms with Crippen molar-refractivity contribution in [3.8, 4) is 5.75 Å². The highest BCUT2D eigenvalue weighted by molar-refractivity contribution is 5.87. The van der Waals surface area contributed by atoms with Gasteiger partial charge in [-0.25, -0.2) is 13.6 Å². The van der Waals surface area contributed by atoms with Crippen LogP contribution in [0.15, 0.2) is 18.2 Å². The third-order valence-electron chi connectivity index (χ3n) is 1.98. The number of halogens is 2. The lowest BCUT2D eigenvalue weighted by molar-refractivity contribution is -0.137. The normalized spacial score (nSPS) is 10.6. The van der Waals surface area contributed by atoms with Gasteiger partial charge in [-0.1, -0.05) is 0 Å². The maximum absolute atomic E-state index is 13.6. The summed E-state index contributed by atoms with van der Waals surface area (Å²) in [6, 6.07) is 2.24. The fourth-order valence-electron chi connectivity index (χ4n) is 1.20. The average Bonchev–Trinajstić information content (AvgIpc) is 2.29. The molecule has 17 heavy (non-hydrogen) atoms. The summed E-state index contributed by atoms with van der Waals surface area (Å²) in [6.45, 7) is 1.84. The van der Waals surface area contributed by atoms with E-state index in [1.165, 1.54) is 13.2 Å². The van der Waals surface area contributed by atoms with E-state index < -0.39 is 17.6 Å². The van der Waals surface area contributed by atoms with Gasteiger partial charge in [0, 0.05) is 6.08 Å². The molecule has 0 fully saturated rings. The number of ether oxygens (including phenoxy) is 2. The van der Waals surface area contributed by atoms with E-state index in [4.69, 9.17) is 4.74 Å². The highest BCUT2D eigenvalue weighted by Gasteiger charge is 2.12. The summed E-state index contributed by atoms with van der Waals surface area (Å²) in [5, 5.41) is 0. The quantitative estimate of drug-likeness (QED) is 0.601. The summed E-state index contributed by atoms with van der Waals surface area (Å²) in [5.74, 6) is -2.37. The summed E-state index contributed by atoms with van der Waals surface area (Å²) in [6.07, 6.45) is 1.98. The lowest BCUT2D eigenvalue weighted by Gasteiger charge is -2.05. The third-order valence-corrected chi connectivity index (χ3v) is 1.98. The third kappa shape index (κ3) is 3.27. The smallest absolute Gasteiger partial charge is 0.330 e. The molecule has 0 heterocycles. The van der Waals surface area contributed by atoms with Gasteiger partial charge in [0.2, 0.25) is 0 Å². The van der Waals surface area contributed by atoms with Crippen molar-refractivity contribution in [3.05, 3.63) is 35.4 Å². The SMILES string of the molecule is CCOC(=O)C=Cc1c(F)ccc(OC)c1F. The highest BCUT2D eigenvalue weighted by atomic mass is 19.1. The Morgan fingerprint density at radius 2 is 2.12 bits per heavy atom. The number of hydrogen-bond donors (Lipinski definition) is 0. The van der Waals surface area contributed by atoms with Crippen molar-refractivity contribution >= 4 is 12.0 Å². The monoisotopic (exact) mass is 242 g/mol. The zero-order valence-electron chi connectivity index (χ0n) is 9.50. The van der Waals surface area contributed by atoms with Gasteiger partial charge in [0.25, 0.3) is 0 Å². The molecule has 0 radical (unpaired) electrons. The number of benzene rings is 1. The molecule has 0 unspecified atom stereocenters. The van der Waals surface area contributed by atoms with Gasteiger partial charge in [0.05, 0.1) is 19.3 Å². The lowest BCUT2D eigenvalue weighted by Crippen LogP contribution is -2.00. The number of rotatable bonds is 4. The Morgan fingerprint density at radius 3 is 2.71 bits per heavy atom. The van der Waals surface area contributed by atoms with E-state index in [-0.39, 0.29) is 17.9 Å². The predicted octanol–water partition coefficient (Wildman–Crippen LogP) is 2.55. The molecule has 0 N–H and O–H groups in total. The van der Waals surface area contributed by atoms with Crippen LogP contribution in [-0.2, 0) is 9.53 Å². The number of methoxy groups -OCH3 is 1. The van der Waals surface area contributed by atoms with Gasteiger partial charge in [0.15, 0.2) is 11.6 Å². The molecule has 5 heteroatoms. The van der Waals surface area contributed by atoms with E-state index in [1.807, 2.05) is 0 Å². The fraction of sp³-hybridized carbons (Fsp3) is 0.250. The molecule has 1 aromatic rings.